The molecular formula is C17H15N3O5. The van der Waals surface area contributed by atoms with Crippen molar-refractivity contribution in [3.05, 3.63) is 63.7 Å². The van der Waals surface area contributed by atoms with Gasteiger partial charge in [-0.3, -0.25) is 19.7 Å². The first kappa shape index (κ1) is 16.4. The minimum atomic E-state index is -0.623. The summed E-state index contributed by atoms with van der Waals surface area (Å²) >= 11 is 0. The van der Waals surface area contributed by atoms with Gasteiger partial charge >= 0.3 is 0 Å². The summed E-state index contributed by atoms with van der Waals surface area (Å²) < 4.78 is 5.52. The molecule has 0 fully saturated rings. The molecule has 1 N–H and O–H groups in total. The molecule has 0 aromatic heterocycles. The molecule has 0 unspecified atom stereocenters. The van der Waals surface area contributed by atoms with E-state index in [1.165, 1.54) is 29.2 Å². The number of benzene rings is 2. The fourth-order valence-corrected chi connectivity index (χ4v) is 2.52. The fourth-order valence-electron chi connectivity index (χ4n) is 2.52. The number of para-hydroxylation sites is 1. The van der Waals surface area contributed by atoms with Crippen molar-refractivity contribution in [2.45, 2.75) is 0 Å². The van der Waals surface area contributed by atoms with Gasteiger partial charge in [0.15, 0.2) is 0 Å². The second kappa shape index (κ2) is 6.60. The van der Waals surface area contributed by atoms with Crippen LogP contribution in [0.3, 0.4) is 0 Å². The van der Waals surface area contributed by atoms with E-state index in [0.717, 1.165) is 0 Å². The second-order valence-electron chi connectivity index (χ2n) is 5.51. The fraction of sp³-hybridized carbons (Fsp3) is 0.176. The average molecular weight is 341 g/mol. The number of likely N-dealkylation sites (N-methyl/N-ethyl adjacent to an activating group) is 1. The van der Waals surface area contributed by atoms with Crippen LogP contribution in [-0.4, -0.2) is 41.8 Å². The average Bonchev–Trinajstić information content (AvgIpc) is 2.74. The Labute approximate surface area is 143 Å². The quantitative estimate of drug-likeness (QED) is 0.682. The van der Waals surface area contributed by atoms with Gasteiger partial charge in [0, 0.05) is 18.8 Å². The minimum Gasteiger partial charge on any atom is -0.491 e. The predicted octanol–water partition coefficient (Wildman–Crippen LogP) is 2.31. The standard InChI is InChI=1S/C17H15N3O5/c1-19-8-9-25-15-7-6-11(10-13(15)17(19)22)18-16(21)12-4-2-3-5-14(12)20(23)24/h2-7,10H,8-9H2,1H3,(H,18,21). The number of nitrogens with zero attached hydrogens (tertiary/aromatic N) is 2. The van der Waals surface area contributed by atoms with Crippen molar-refractivity contribution in [2.24, 2.45) is 0 Å². The Morgan fingerprint density at radius 3 is 2.80 bits per heavy atom. The highest BCUT2D eigenvalue weighted by Gasteiger charge is 2.23. The van der Waals surface area contributed by atoms with Gasteiger partial charge in [-0.1, -0.05) is 12.1 Å². The lowest BCUT2D eigenvalue weighted by Gasteiger charge is -2.13. The predicted molar refractivity (Wildman–Crippen MR) is 89.9 cm³/mol. The molecule has 1 aliphatic rings. The molecule has 0 atom stereocenters. The van der Waals surface area contributed by atoms with Crippen LogP contribution in [0.5, 0.6) is 5.75 Å². The number of nitro groups is 1. The van der Waals surface area contributed by atoms with E-state index in [-0.39, 0.29) is 17.2 Å². The third kappa shape index (κ3) is 3.27. The van der Waals surface area contributed by atoms with Crippen LogP contribution in [0.4, 0.5) is 11.4 Å². The Bertz CT molecular complexity index is 865. The lowest BCUT2D eigenvalue weighted by molar-refractivity contribution is -0.385. The van der Waals surface area contributed by atoms with E-state index in [0.29, 0.717) is 30.2 Å². The topological polar surface area (TPSA) is 102 Å². The van der Waals surface area contributed by atoms with Gasteiger partial charge in [-0.2, -0.15) is 0 Å². The minimum absolute atomic E-state index is 0.0536. The smallest absolute Gasteiger partial charge is 0.282 e. The molecule has 0 bridgehead atoms. The third-order valence-corrected chi connectivity index (χ3v) is 3.84. The zero-order valence-corrected chi connectivity index (χ0v) is 13.4. The number of hydrogen-bond acceptors (Lipinski definition) is 5. The summed E-state index contributed by atoms with van der Waals surface area (Å²) in [4.78, 5) is 36.7. The van der Waals surface area contributed by atoms with Crippen LogP contribution in [0.25, 0.3) is 0 Å². The van der Waals surface area contributed by atoms with Crippen LogP contribution in [0.15, 0.2) is 42.5 Å². The SMILES string of the molecule is CN1CCOc2ccc(NC(=O)c3ccccc3[N+](=O)[O-])cc2C1=O. The van der Waals surface area contributed by atoms with Gasteiger partial charge in [-0.05, 0) is 24.3 Å². The molecule has 0 spiro atoms. The third-order valence-electron chi connectivity index (χ3n) is 3.84. The highest BCUT2D eigenvalue weighted by Crippen LogP contribution is 2.27. The summed E-state index contributed by atoms with van der Waals surface area (Å²) in [7, 11) is 1.67. The van der Waals surface area contributed by atoms with Gasteiger partial charge in [-0.15, -0.1) is 0 Å². The molecule has 1 heterocycles. The van der Waals surface area contributed by atoms with E-state index < -0.39 is 10.8 Å². The Morgan fingerprint density at radius 1 is 1.28 bits per heavy atom. The molecule has 3 rings (SSSR count). The number of ether oxygens (including phenoxy) is 1. The normalized spacial score (nSPS) is 13.5. The van der Waals surface area contributed by atoms with Crippen LogP contribution in [0.1, 0.15) is 20.7 Å². The van der Waals surface area contributed by atoms with Gasteiger partial charge in [0.1, 0.15) is 17.9 Å². The molecule has 8 heteroatoms. The molecule has 25 heavy (non-hydrogen) atoms. The molecule has 2 amide bonds. The summed E-state index contributed by atoms with van der Waals surface area (Å²) in [5, 5.41) is 13.6. The van der Waals surface area contributed by atoms with Gasteiger partial charge in [0.2, 0.25) is 0 Å². The van der Waals surface area contributed by atoms with Crippen LogP contribution in [0.2, 0.25) is 0 Å². The molecule has 2 aromatic rings. The Morgan fingerprint density at radius 2 is 2.04 bits per heavy atom. The van der Waals surface area contributed by atoms with Crippen LogP contribution in [-0.2, 0) is 0 Å². The summed E-state index contributed by atoms with van der Waals surface area (Å²) in [6.45, 7) is 0.850. The first-order valence-electron chi connectivity index (χ1n) is 7.54. The molecular weight excluding hydrogens is 326 g/mol. The van der Waals surface area contributed by atoms with Gasteiger partial charge < -0.3 is 15.0 Å². The van der Waals surface area contributed by atoms with E-state index in [2.05, 4.69) is 5.32 Å². The zero-order valence-electron chi connectivity index (χ0n) is 13.4. The number of nitrogens with one attached hydrogen (secondary N) is 1. The van der Waals surface area contributed by atoms with Gasteiger partial charge in [-0.25, -0.2) is 0 Å². The van der Waals surface area contributed by atoms with Crippen LogP contribution in [0, 0.1) is 10.1 Å². The molecule has 0 aliphatic carbocycles. The maximum absolute atomic E-state index is 12.4. The van der Waals surface area contributed by atoms with Gasteiger partial charge in [0.25, 0.3) is 17.5 Å². The summed E-state index contributed by atoms with van der Waals surface area (Å²) in [6.07, 6.45) is 0. The number of fused-ring (bicyclic) bond motifs is 1. The molecule has 0 saturated carbocycles. The van der Waals surface area contributed by atoms with Crippen molar-refractivity contribution >= 4 is 23.2 Å². The molecule has 0 radical (unpaired) electrons. The number of rotatable bonds is 3. The van der Waals surface area contributed by atoms with E-state index in [1.807, 2.05) is 0 Å². The molecule has 8 nitrogen and oxygen atoms in total. The van der Waals surface area contributed by atoms with E-state index >= 15 is 0 Å². The molecule has 128 valence electrons. The number of carbonyl (C=O) groups excluding carboxylic acids is 2. The maximum Gasteiger partial charge on any atom is 0.282 e. The second-order valence-corrected chi connectivity index (χ2v) is 5.51. The number of amides is 2. The Hall–Kier alpha value is -3.42. The van der Waals surface area contributed by atoms with E-state index in [4.69, 9.17) is 4.74 Å². The Kier molecular flexibility index (Phi) is 4.34. The number of carbonyl (C=O) groups is 2. The number of hydrogen-bond donors (Lipinski definition) is 1. The van der Waals surface area contributed by atoms with Crippen molar-refractivity contribution in [1.82, 2.24) is 4.90 Å². The summed E-state index contributed by atoms with van der Waals surface area (Å²) in [6, 6.07) is 10.4. The van der Waals surface area contributed by atoms with Crippen molar-refractivity contribution in [2.75, 3.05) is 25.5 Å². The van der Waals surface area contributed by atoms with Crippen LogP contribution < -0.4 is 10.1 Å². The van der Waals surface area contributed by atoms with Crippen molar-refractivity contribution in [1.29, 1.82) is 0 Å². The maximum atomic E-state index is 12.4. The zero-order chi connectivity index (χ0) is 18.0. The first-order chi connectivity index (χ1) is 12.0. The Balaban J connectivity index is 1.90. The highest BCUT2D eigenvalue weighted by molar-refractivity contribution is 6.08. The monoisotopic (exact) mass is 341 g/mol. The van der Waals surface area contributed by atoms with E-state index in [9.17, 15) is 19.7 Å². The molecule has 2 aromatic carbocycles. The van der Waals surface area contributed by atoms with Crippen molar-refractivity contribution in [3.63, 3.8) is 0 Å². The molecule has 0 saturated heterocycles. The van der Waals surface area contributed by atoms with Crippen molar-refractivity contribution < 1.29 is 19.2 Å². The first-order valence-corrected chi connectivity index (χ1v) is 7.54. The summed E-state index contributed by atoms with van der Waals surface area (Å²) in [5.41, 5.74) is 0.352. The summed E-state index contributed by atoms with van der Waals surface area (Å²) in [5.74, 6) is -0.394. The van der Waals surface area contributed by atoms with Crippen LogP contribution >= 0.6 is 0 Å². The highest BCUT2D eigenvalue weighted by atomic mass is 16.6. The molecule has 1 aliphatic heterocycles. The van der Waals surface area contributed by atoms with E-state index in [1.54, 1.807) is 25.2 Å². The lowest BCUT2D eigenvalue weighted by Crippen LogP contribution is -2.27. The lowest BCUT2D eigenvalue weighted by atomic mass is 10.1. The largest absolute Gasteiger partial charge is 0.491 e. The number of nitro benzene ring substituents is 1. The number of anilines is 1. The van der Waals surface area contributed by atoms with Gasteiger partial charge in [0.05, 0.1) is 17.0 Å². The van der Waals surface area contributed by atoms with Crippen molar-refractivity contribution in [3.8, 4) is 5.75 Å².